The molecule has 0 spiro atoms. The Bertz CT molecular complexity index is 310. The van der Waals surface area contributed by atoms with Gasteiger partial charge in [0.15, 0.2) is 6.04 Å². The summed E-state index contributed by atoms with van der Waals surface area (Å²) in [7, 11) is 0. The number of nitrogens with one attached hydrogen (secondary N) is 1. The van der Waals surface area contributed by atoms with E-state index in [1.165, 1.54) is 6.92 Å². The molecule has 0 aromatic rings. The van der Waals surface area contributed by atoms with Crippen LogP contribution in [0.3, 0.4) is 0 Å². The first-order valence-electron chi connectivity index (χ1n) is 6.06. The van der Waals surface area contributed by atoms with Gasteiger partial charge in [0.2, 0.25) is 5.91 Å². The van der Waals surface area contributed by atoms with E-state index in [-0.39, 0.29) is 5.91 Å². The molecule has 0 aromatic carbocycles. The summed E-state index contributed by atoms with van der Waals surface area (Å²) in [5, 5.41) is 12.1. The topological polar surface area (TPSA) is 75.6 Å². The fourth-order valence-corrected chi connectivity index (χ4v) is 1.10. The van der Waals surface area contributed by atoms with Crippen LogP contribution in [0.5, 0.6) is 0 Å². The average molecular weight is 259 g/mol. The molecule has 2 N–H and O–H groups in total. The molecule has 0 aromatic heterocycles. The number of hydrogen-bond acceptors (Lipinski definition) is 4. The van der Waals surface area contributed by atoms with E-state index in [4.69, 9.17) is 4.74 Å². The van der Waals surface area contributed by atoms with Gasteiger partial charge in [-0.25, -0.2) is 4.79 Å². The number of aliphatic hydroxyl groups is 1. The first kappa shape index (κ1) is 16.9. The standard InChI is InChI=1S/C13H25NO4/c1-8(15)9(10(16)18-13(5,6)7)14-11(17)12(2,3)4/h8-9,15H,1-7H3,(H,14,17)/t8-,9+/m1/s1. The van der Waals surface area contributed by atoms with Crippen LogP contribution in [0.25, 0.3) is 0 Å². The van der Waals surface area contributed by atoms with Gasteiger partial charge in [-0.3, -0.25) is 4.79 Å². The highest BCUT2D eigenvalue weighted by atomic mass is 16.6. The second-order valence-corrected chi connectivity index (χ2v) is 6.48. The van der Waals surface area contributed by atoms with Crippen LogP contribution in [0, 0.1) is 5.41 Å². The summed E-state index contributed by atoms with van der Waals surface area (Å²) in [6.07, 6.45) is -1.01. The third kappa shape index (κ3) is 6.00. The van der Waals surface area contributed by atoms with Crippen LogP contribution in [0.15, 0.2) is 0 Å². The molecule has 0 saturated carbocycles. The summed E-state index contributed by atoms with van der Waals surface area (Å²) < 4.78 is 5.16. The first-order valence-corrected chi connectivity index (χ1v) is 6.06. The smallest absolute Gasteiger partial charge is 0.331 e. The van der Waals surface area contributed by atoms with Crippen LogP contribution >= 0.6 is 0 Å². The maximum absolute atomic E-state index is 11.9. The summed E-state index contributed by atoms with van der Waals surface area (Å²) in [5.74, 6) is -0.936. The van der Waals surface area contributed by atoms with Crippen molar-refractivity contribution >= 4 is 11.9 Å². The highest BCUT2D eigenvalue weighted by Crippen LogP contribution is 2.15. The summed E-state index contributed by atoms with van der Waals surface area (Å²) in [6.45, 7) is 11.8. The molecule has 2 atom stereocenters. The average Bonchev–Trinajstić information content (AvgIpc) is 2.07. The largest absolute Gasteiger partial charge is 0.458 e. The van der Waals surface area contributed by atoms with E-state index >= 15 is 0 Å². The molecule has 0 heterocycles. The summed E-state index contributed by atoms with van der Waals surface area (Å²) in [4.78, 5) is 23.7. The van der Waals surface area contributed by atoms with Crippen molar-refractivity contribution < 1.29 is 19.4 Å². The molecule has 5 heteroatoms. The van der Waals surface area contributed by atoms with Gasteiger partial charge >= 0.3 is 5.97 Å². The second kappa shape index (κ2) is 5.69. The van der Waals surface area contributed by atoms with Crippen LogP contribution in [-0.2, 0) is 14.3 Å². The van der Waals surface area contributed by atoms with Crippen molar-refractivity contribution in [2.45, 2.75) is 66.2 Å². The molecule has 0 aliphatic rings. The van der Waals surface area contributed by atoms with Gasteiger partial charge in [-0.15, -0.1) is 0 Å². The predicted octanol–water partition coefficient (Wildman–Crippen LogP) is 1.24. The fraction of sp³-hybridized carbons (Fsp3) is 0.846. The monoisotopic (exact) mass is 259 g/mol. The van der Waals surface area contributed by atoms with Gasteiger partial charge in [0.25, 0.3) is 0 Å². The molecule has 0 rings (SSSR count). The van der Waals surface area contributed by atoms with Crippen molar-refractivity contribution in [1.82, 2.24) is 5.32 Å². The van der Waals surface area contributed by atoms with Gasteiger partial charge in [-0.1, -0.05) is 20.8 Å². The lowest BCUT2D eigenvalue weighted by molar-refractivity contribution is -0.162. The highest BCUT2D eigenvalue weighted by molar-refractivity contribution is 5.87. The molecule has 106 valence electrons. The Hall–Kier alpha value is -1.10. The highest BCUT2D eigenvalue weighted by Gasteiger charge is 2.33. The lowest BCUT2D eigenvalue weighted by Crippen LogP contribution is -2.52. The summed E-state index contributed by atoms with van der Waals surface area (Å²) in [6, 6.07) is -1.05. The number of rotatable bonds is 3. The number of amides is 1. The maximum Gasteiger partial charge on any atom is 0.331 e. The summed E-state index contributed by atoms with van der Waals surface area (Å²) >= 11 is 0. The Morgan fingerprint density at radius 3 is 1.83 bits per heavy atom. The Kier molecular flexibility index (Phi) is 5.35. The van der Waals surface area contributed by atoms with Gasteiger partial charge in [-0.05, 0) is 27.7 Å². The number of ether oxygens (including phenoxy) is 1. The van der Waals surface area contributed by atoms with E-state index in [0.29, 0.717) is 0 Å². The van der Waals surface area contributed by atoms with Crippen molar-refractivity contribution in [2.24, 2.45) is 5.41 Å². The number of aliphatic hydroxyl groups excluding tert-OH is 1. The fourth-order valence-electron chi connectivity index (χ4n) is 1.10. The predicted molar refractivity (Wildman–Crippen MR) is 68.9 cm³/mol. The van der Waals surface area contributed by atoms with Crippen LogP contribution < -0.4 is 5.32 Å². The van der Waals surface area contributed by atoms with Crippen molar-refractivity contribution in [2.75, 3.05) is 0 Å². The van der Waals surface area contributed by atoms with Gasteiger partial charge in [0.05, 0.1) is 6.10 Å². The second-order valence-electron chi connectivity index (χ2n) is 6.48. The minimum absolute atomic E-state index is 0.306. The zero-order valence-electron chi connectivity index (χ0n) is 12.3. The molecule has 0 bridgehead atoms. The van der Waals surface area contributed by atoms with Crippen LogP contribution in [0.1, 0.15) is 48.5 Å². The number of carbonyl (C=O) groups is 2. The van der Waals surface area contributed by atoms with Gasteiger partial charge in [0, 0.05) is 5.41 Å². The summed E-state index contributed by atoms with van der Waals surface area (Å²) in [5.41, 5.74) is -1.29. The Balaban J connectivity index is 4.79. The van der Waals surface area contributed by atoms with Crippen molar-refractivity contribution in [1.29, 1.82) is 0 Å². The molecule has 5 nitrogen and oxygen atoms in total. The van der Waals surface area contributed by atoms with E-state index in [0.717, 1.165) is 0 Å². The molecule has 0 aliphatic carbocycles. The van der Waals surface area contributed by atoms with Crippen molar-refractivity contribution in [3.63, 3.8) is 0 Å². The zero-order valence-corrected chi connectivity index (χ0v) is 12.3. The van der Waals surface area contributed by atoms with Gasteiger partial charge in [0.1, 0.15) is 5.60 Å². The van der Waals surface area contributed by atoms with Crippen molar-refractivity contribution in [3.8, 4) is 0 Å². The maximum atomic E-state index is 11.9. The molecule has 18 heavy (non-hydrogen) atoms. The zero-order chi connectivity index (χ0) is 14.7. The Morgan fingerprint density at radius 1 is 1.11 bits per heavy atom. The van der Waals surface area contributed by atoms with E-state index in [9.17, 15) is 14.7 Å². The Morgan fingerprint density at radius 2 is 1.56 bits per heavy atom. The molecule has 0 saturated heterocycles. The number of hydrogen-bond donors (Lipinski definition) is 2. The van der Waals surface area contributed by atoms with Crippen LogP contribution in [0.2, 0.25) is 0 Å². The van der Waals surface area contributed by atoms with Crippen LogP contribution in [-0.4, -0.2) is 34.7 Å². The molecule has 0 aliphatic heterocycles. The van der Waals surface area contributed by atoms with Crippen molar-refractivity contribution in [3.05, 3.63) is 0 Å². The normalized spacial score (nSPS) is 15.8. The molecule has 0 radical (unpaired) electrons. The third-order valence-electron chi connectivity index (χ3n) is 2.11. The Labute approximate surface area is 109 Å². The van der Waals surface area contributed by atoms with E-state index in [1.54, 1.807) is 41.5 Å². The lowest BCUT2D eigenvalue weighted by atomic mass is 9.95. The molecule has 0 fully saturated rings. The molecule has 1 amide bonds. The number of carbonyl (C=O) groups excluding carboxylic acids is 2. The lowest BCUT2D eigenvalue weighted by Gasteiger charge is -2.28. The van der Waals surface area contributed by atoms with Crippen LogP contribution in [0.4, 0.5) is 0 Å². The van der Waals surface area contributed by atoms with E-state index in [2.05, 4.69) is 5.32 Å². The first-order chi connectivity index (χ1) is 7.84. The quantitative estimate of drug-likeness (QED) is 0.748. The third-order valence-corrected chi connectivity index (χ3v) is 2.11. The molecule has 0 unspecified atom stereocenters. The van der Waals surface area contributed by atoms with E-state index in [1.807, 2.05) is 0 Å². The number of esters is 1. The minimum Gasteiger partial charge on any atom is -0.458 e. The molecular formula is C13H25NO4. The molecular weight excluding hydrogens is 234 g/mol. The van der Waals surface area contributed by atoms with E-state index < -0.39 is 29.1 Å². The van der Waals surface area contributed by atoms with Gasteiger partial charge in [-0.2, -0.15) is 0 Å². The SMILES string of the molecule is C[C@@H](O)[C@H](NC(=O)C(C)(C)C)C(=O)OC(C)(C)C. The van der Waals surface area contributed by atoms with Gasteiger partial charge < -0.3 is 15.2 Å². The minimum atomic E-state index is -1.05.